The lowest BCUT2D eigenvalue weighted by molar-refractivity contribution is -0.144. The highest BCUT2D eigenvalue weighted by molar-refractivity contribution is 5.82. The van der Waals surface area contributed by atoms with Crippen LogP contribution in [0.25, 0.3) is 0 Å². The maximum absolute atomic E-state index is 11.8. The van der Waals surface area contributed by atoms with Crippen molar-refractivity contribution >= 4 is 5.97 Å². The maximum atomic E-state index is 11.8. The van der Waals surface area contributed by atoms with Crippen LogP contribution in [0.15, 0.2) is 12.2 Å². The van der Waals surface area contributed by atoms with Crippen molar-refractivity contribution in [3.63, 3.8) is 0 Å². The van der Waals surface area contributed by atoms with Crippen molar-refractivity contribution in [1.29, 1.82) is 0 Å². The highest BCUT2D eigenvalue weighted by Gasteiger charge is 2.22. The maximum Gasteiger partial charge on any atom is 0.330 e. The summed E-state index contributed by atoms with van der Waals surface area (Å²) < 4.78 is 5.44. The van der Waals surface area contributed by atoms with Gasteiger partial charge >= 0.3 is 5.97 Å². The van der Waals surface area contributed by atoms with Gasteiger partial charge in [-0.1, -0.05) is 12.5 Å². The number of carbonyl (C=O) groups excluding carboxylic acids is 1. The second-order valence-corrected chi connectivity index (χ2v) is 6.03. The van der Waals surface area contributed by atoms with E-state index in [1.54, 1.807) is 6.08 Å². The van der Waals surface area contributed by atoms with Crippen molar-refractivity contribution < 1.29 is 9.53 Å². The van der Waals surface area contributed by atoms with Gasteiger partial charge in [-0.2, -0.15) is 0 Å². The fraction of sp³-hybridized carbons (Fsp3) is 0.800. The van der Waals surface area contributed by atoms with Crippen LogP contribution in [-0.4, -0.2) is 24.2 Å². The van der Waals surface area contributed by atoms with E-state index < -0.39 is 0 Å². The van der Waals surface area contributed by atoms with Crippen LogP contribution in [0.1, 0.15) is 51.4 Å². The Hall–Kier alpha value is -0.870. The Kier molecular flexibility index (Phi) is 5.40. The molecule has 0 aromatic rings. The number of nitrogens with two attached hydrogens (primary N) is 2. The fourth-order valence-corrected chi connectivity index (χ4v) is 3.15. The second kappa shape index (κ2) is 7.06. The molecule has 0 saturated heterocycles. The van der Waals surface area contributed by atoms with Gasteiger partial charge in [0, 0.05) is 18.2 Å². The summed E-state index contributed by atoms with van der Waals surface area (Å²) in [4.78, 5) is 11.8. The predicted octanol–water partition coefficient (Wildman–Crippen LogP) is 1.87. The Bertz CT molecular complexity index is 330. The first kappa shape index (κ1) is 14.5. The average molecular weight is 266 g/mol. The number of hydrogen-bond acceptors (Lipinski definition) is 4. The van der Waals surface area contributed by atoms with E-state index in [1.807, 2.05) is 6.08 Å². The quantitative estimate of drug-likeness (QED) is 0.604. The van der Waals surface area contributed by atoms with Gasteiger partial charge in [0.2, 0.25) is 0 Å². The number of allylic oxidation sites excluding steroid dienone is 1. The van der Waals surface area contributed by atoms with E-state index in [2.05, 4.69) is 0 Å². The van der Waals surface area contributed by atoms with Crippen LogP contribution in [0.4, 0.5) is 0 Å². The number of esters is 1. The molecule has 4 atom stereocenters. The largest absolute Gasteiger partial charge is 0.459 e. The van der Waals surface area contributed by atoms with Gasteiger partial charge in [-0.25, -0.2) is 4.79 Å². The van der Waals surface area contributed by atoms with Gasteiger partial charge in [-0.05, 0) is 50.9 Å². The lowest BCUT2D eigenvalue weighted by Crippen LogP contribution is -2.33. The molecule has 2 aliphatic carbocycles. The zero-order valence-corrected chi connectivity index (χ0v) is 11.6. The van der Waals surface area contributed by atoms with Crippen molar-refractivity contribution in [1.82, 2.24) is 0 Å². The molecule has 0 spiro atoms. The minimum Gasteiger partial charge on any atom is -0.459 e. The molecule has 0 radical (unpaired) electrons. The number of ether oxygens (including phenoxy) is 1. The van der Waals surface area contributed by atoms with Crippen LogP contribution in [0.5, 0.6) is 0 Å². The molecular formula is C15H26N2O2. The van der Waals surface area contributed by atoms with Crippen LogP contribution in [0.2, 0.25) is 0 Å². The second-order valence-electron chi connectivity index (χ2n) is 6.03. The average Bonchev–Trinajstić information content (AvgIpc) is 2.36. The minimum atomic E-state index is -0.224. The molecule has 4 N–H and O–H groups in total. The molecule has 4 heteroatoms. The molecule has 2 fully saturated rings. The third kappa shape index (κ3) is 4.96. The van der Waals surface area contributed by atoms with Crippen molar-refractivity contribution in [3.8, 4) is 0 Å². The Morgan fingerprint density at radius 2 is 1.68 bits per heavy atom. The summed E-state index contributed by atoms with van der Waals surface area (Å²) >= 11 is 0. The summed E-state index contributed by atoms with van der Waals surface area (Å²) in [5, 5.41) is 0. The van der Waals surface area contributed by atoms with Gasteiger partial charge < -0.3 is 16.2 Å². The topological polar surface area (TPSA) is 78.3 Å². The molecule has 0 heterocycles. The summed E-state index contributed by atoms with van der Waals surface area (Å²) in [5.41, 5.74) is 11.8. The Labute approximate surface area is 115 Å². The Morgan fingerprint density at radius 3 is 2.37 bits per heavy atom. The molecule has 0 aromatic heterocycles. The van der Waals surface area contributed by atoms with E-state index in [4.69, 9.17) is 16.2 Å². The van der Waals surface area contributed by atoms with Crippen molar-refractivity contribution in [3.05, 3.63) is 12.2 Å². The van der Waals surface area contributed by atoms with E-state index in [0.717, 1.165) is 51.4 Å². The molecule has 4 unspecified atom stereocenters. The summed E-state index contributed by atoms with van der Waals surface area (Å²) in [7, 11) is 0. The minimum absolute atomic E-state index is 0.00881. The zero-order chi connectivity index (χ0) is 13.7. The molecule has 0 aliphatic heterocycles. The molecule has 2 saturated carbocycles. The lowest BCUT2D eigenvalue weighted by Gasteiger charge is -2.26. The van der Waals surface area contributed by atoms with Gasteiger partial charge in [-0.15, -0.1) is 0 Å². The van der Waals surface area contributed by atoms with Crippen LogP contribution in [-0.2, 0) is 9.53 Å². The van der Waals surface area contributed by atoms with E-state index in [0.29, 0.717) is 5.92 Å². The van der Waals surface area contributed by atoms with Gasteiger partial charge in [0.1, 0.15) is 6.10 Å². The molecule has 19 heavy (non-hydrogen) atoms. The molecule has 108 valence electrons. The SMILES string of the molecule is NC1CCCC(/C=C/C(=O)OC2CCCC(N)C2)C1. The van der Waals surface area contributed by atoms with Gasteiger partial charge in [-0.3, -0.25) is 0 Å². The van der Waals surface area contributed by atoms with E-state index in [1.165, 1.54) is 0 Å². The zero-order valence-electron chi connectivity index (χ0n) is 11.6. The monoisotopic (exact) mass is 266 g/mol. The van der Waals surface area contributed by atoms with Gasteiger partial charge in [0.25, 0.3) is 0 Å². The third-order valence-corrected chi connectivity index (χ3v) is 4.21. The van der Waals surface area contributed by atoms with E-state index in [9.17, 15) is 4.79 Å². The smallest absolute Gasteiger partial charge is 0.330 e. The van der Waals surface area contributed by atoms with Crippen LogP contribution in [0.3, 0.4) is 0 Å². The molecular weight excluding hydrogens is 240 g/mol. The van der Waals surface area contributed by atoms with Crippen LogP contribution in [0, 0.1) is 5.92 Å². The Morgan fingerprint density at radius 1 is 1.00 bits per heavy atom. The van der Waals surface area contributed by atoms with Crippen molar-refractivity contribution in [2.45, 2.75) is 69.6 Å². The lowest BCUT2D eigenvalue weighted by atomic mass is 9.86. The molecule has 4 nitrogen and oxygen atoms in total. The van der Waals surface area contributed by atoms with Crippen molar-refractivity contribution in [2.24, 2.45) is 17.4 Å². The van der Waals surface area contributed by atoms with E-state index in [-0.39, 0.29) is 24.2 Å². The molecule has 0 aromatic carbocycles. The summed E-state index contributed by atoms with van der Waals surface area (Å²) in [6.07, 6.45) is 11.8. The third-order valence-electron chi connectivity index (χ3n) is 4.21. The first-order chi connectivity index (χ1) is 9.13. The summed E-state index contributed by atoms with van der Waals surface area (Å²) in [5.74, 6) is 0.211. The van der Waals surface area contributed by atoms with Gasteiger partial charge in [0.05, 0.1) is 0 Å². The number of carbonyl (C=O) groups is 1. The van der Waals surface area contributed by atoms with E-state index >= 15 is 0 Å². The molecule has 0 amide bonds. The molecule has 2 aliphatic rings. The molecule has 0 bridgehead atoms. The summed E-state index contributed by atoms with van der Waals surface area (Å²) in [6, 6.07) is 0.475. The molecule has 2 rings (SSSR count). The Balaban J connectivity index is 1.74. The standard InChI is InChI=1S/C15H26N2O2/c16-12-4-1-3-11(9-12)7-8-15(18)19-14-6-2-5-13(17)10-14/h7-8,11-14H,1-6,9-10,16-17H2/b8-7+. The fourth-order valence-electron chi connectivity index (χ4n) is 3.15. The first-order valence-electron chi connectivity index (χ1n) is 7.53. The highest BCUT2D eigenvalue weighted by atomic mass is 16.5. The van der Waals surface area contributed by atoms with Crippen LogP contribution < -0.4 is 11.5 Å². The van der Waals surface area contributed by atoms with Gasteiger partial charge in [0.15, 0.2) is 0 Å². The van der Waals surface area contributed by atoms with Crippen LogP contribution >= 0.6 is 0 Å². The number of hydrogen-bond donors (Lipinski definition) is 2. The number of rotatable bonds is 3. The predicted molar refractivity (Wildman–Crippen MR) is 75.4 cm³/mol. The first-order valence-corrected chi connectivity index (χ1v) is 7.53. The summed E-state index contributed by atoms with van der Waals surface area (Å²) in [6.45, 7) is 0. The normalized spacial score (nSPS) is 36.3. The van der Waals surface area contributed by atoms with Crippen molar-refractivity contribution in [2.75, 3.05) is 0 Å². The highest BCUT2D eigenvalue weighted by Crippen LogP contribution is 2.24.